The number of hydrogen-bond donors (Lipinski definition) is 2. The zero-order chi connectivity index (χ0) is 14.7. The summed E-state index contributed by atoms with van der Waals surface area (Å²) in [5, 5.41) is 2.63. The molecule has 0 aliphatic heterocycles. The van der Waals surface area contributed by atoms with Crippen LogP contribution in [0, 0.1) is 18.6 Å². The van der Waals surface area contributed by atoms with Gasteiger partial charge in [0.05, 0.1) is 0 Å². The third-order valence-electron chi connectivity index (χ3n) is 2.91. The Morgan fingerprint density at radius 1 is 1.15 bits per heavy atom. The van der Waals surface area contributed by atoms with Gasteiger partial charge in [-0.15, -0.1) is 0 Å². The SMILES string of the molecule is Cc1ccc(CN)cc1NC(=O)c1cc(F)cc(F)c1. The lowest BCUT2D eigenvalue weighted by molar-refractivity contribution is 0.102. The van der Waals surface area contributed by atoms with Crippen LogP contribution in [-0.2, 0) is 6.54 Å². The Kier molecular flexibility index (Phi) is 4.10. The maximum Gasteiger partial charge on any atom is 0.255 e. The smallest absolute Gasteiger partial charge is 0.255 e. The van der Waals surface area contributed by atoms with Crippen LogP contribution < -0.4 is 11.1 Å². The molecule has 0 saturated carbocycles. The van der Waals surface area contributed by atoms with E-state index in [0.29, 0.717) is 12.2 Å². The molecule has 0 unspecified atom stereocenters. The molecule has 0 aliphatic carbocycles. The molecule has 104 valence electrons. The lowest BCUT2D eigenvalue weighted by Crippen LogP contribution is -2.14. The van der Waals surface area contributed by atoms with Gasteiger partial charge in [0.2, 0.25) is 0 Å². The molecule has 0 spiro atoms. The number of carbonyl (C=O) groups is 1. The monoisotopic (exact) mass is 276 g/mol. The van der Waals surface area contributed by atoms with Crippen molar-refractivity contribution in [2.24, 2.45) is 5.73 Å². The number of nitrogens with two attached hydrogens (primary N) is 1. The summed E-state index contributed by atoms with van der Waals surface area (Å²) in [7, 11) is 0. The zero-order valence-corrected chi connectivity index (χ0v) is 10.9. The van der Waals surface area contributed by atoms with E-state index in [0.717, 1.165) is 29.3 Å². The Bertz CT molecular complexity index is 636. The molecule has 2 rings (SSSR count). The van der Waals surface area contributed by atoms with Gasteiger partial charge >= 0.3 is 0 Å². The van der Waals surface area contributed by atoms with E-state index in [1.165, 1.54) is 0 Å². The van der Waals surface area contributed by atoms with Crippen molar-refractivity contribution in [3.8, 4) is 0 Å². The predicted molar refractivity (Wildman–Crippen MR) is 73.4 cm³/mol. The van der Waals surface area contributed by atoms with Gasteiger partial charge < -0.3 is 11.1 Å². The molecule has 3 nitrogen and oxygen atoms in total. The van der Waals surface area contributed by atoms with E-state index in [1.807, 2.05) is 19.1 Å². The molecule has 0 radical (unpaired) electrons. The number of benzene rings is 2. The van der Waals surface area contributed by atoms with Crippen LogP contribution in [0.1, 0.15) is 21.5 Å². The molecule has 20 heavy (non-hydrogen) atoms. The van der Waals surface area contributed by atoms with Crippen LogP contribution in [0.2, 0.25) is 0 Å². The summed E-state index contributed by atoms with van der Waals surface area (Å²) in [5.74, 6) is -2.15. The van der Waals surface area contributed by atoms with Crippen LogP contribution in [0.15, 0.2) is 36.4 Å². The van der Waals surface area contributed by atoms with Crippen molar-refractivity contribution >= 4 is 11.6 Å². The fourth-order valence-corrected chi connectivity index (χ4v) is 1.81. The lowest BCUT2D eigenvalue weighted by Gasteiger charge is -2.10. The number of nitrogens with one attached hydrogen (secondary N) is 1. The highest BCUT2D eigenvalue weighted by atomic mass is 19.1. The van der Waals surface area contributed by atoms with E-state index in [1.54, 1.807) is 6.07 Å². The van der Waals surface area contributed by atoms with Crippen molar-refractivity contribution in [1.29, 1.82) is 0 Å². The van der Waals surface area contributed by atoms with Gasteiger partial charge in [0.1, 0.15) is 11.6 Å². The summed E-state index contributed by atoms with van der Waals surface area (Å²) < 4.78 is 26.2. The normalized spacial score (nSPS) is 10.4. The summed E-state index contributed by atoms with van der Waals surface area (Å²) >= 11 is 0. The van der Waals surface area contributed by atoms with E-state index < -0.39 is 17.5 Å². The third-order valence-corrected chi connectivity index (χ3v) is 2.91. The summed E-state index contributed by atoms with van der Waals surface area (Å²) in [5.41, 5.74) is 7.74. The van der Waals surface area contributed by atoms with Crippen molar-refractivity contribution in [1.82, 2.24) is 0 Å². The first-order valence-electron chi connectivity index (χ1n) is 6.06. The summed E-state index contributed by atoms with van der Waals surface area (Å²) in [6, 6.07) is 8.11. The minimum Gasteiger partial charge on any atom is -0.326 e. The van der Waals surface area contributed by atoms with Crippen LogP contribution in [0.3, 0.4) is 0 Å². The molecule has 1 amide bonds. The first-order valence-corrected chi connectivity index (χ1v) is 6.06. The van der Waals surface area contributed by atoms with Gasteiger partial charge in [-0.25, -0.2) is 8.78 Å². The zero-order valence-electron chi connectivity index (χ0n) is 10.9. The number of carbonyl (C=O) groups excluding carboxylic acids is 1. The van der Waals surface area contributed by atoms with Crippen molar-refractivity contribution < 1.29 is 13.6 Å². The Balaban J connectivity index is 2.27. The molecule has 0 atom stereocenters. The number of anilines is 1. The van der Waals surface area contributed by atoms with Crippen molar-refractivity contribution in [2.45, 2.75) is 13.5 Å². The highest BCUT2D eigenvalue weighted by Crippen LogP contribution is 2.18. The largest absolute Gasteiger partial charge is 0.326 e. The predicted octanol–water partition coefficient (Wildman–Crippen LogP) is 2.98. The third kappa shape index (κ3) is 3.19. The van der Waals surface area contributed by atoms with E-state index in [4.69, 9.17) is 5.73 Å². The van der Waals surface area contributed by atoms with Crippen molar-refractivity contribution in [3.63, 3.8) is 0 Å². The van der Waals surface area contributed by atoms with Crippen LogP contribution in [0.4, 0.5) is 14.5 Å². The van der Waals surface area contributed by atoms with E-state index in [-0.39, 0.29) is 5.56 Å². The number of aryl methyl sites for hydroxylation is 1. The Morgan fingerprint density at radius 2 is 1.80 bits per heavy atom. The molecule has 0 fully saturated rings. The van der Waals surface area contributed by atoms with Crippen LogP contribution >= 0.6 is 0 Å². The van der Waals surface area contributed by atoms with Crippen LogP contribution in [-0.4, -0.2) is 5.91 Å². The Morgan fingerprint density at radius 3 is 2.40 bits per heavy atom. The molecule has 3 N–H and O–H groups in total. The maximum absolute atomic E-state index is 13.1. The molecule has 0 aromatic heterocycles. The Hall–Kier alpha value is -2.27. The standard InChI is InChI=1S/C15H14F2N2O/c1-9-2-3-10(8-18)4-14(9)19-15(20)11-5-12(16)7-13(17)6-11/h2-7H,8,18H2,1H3,(H,19,20). The number of amides is 1. The molecule has 0 aliphatic rings. The van der Waals surface area contributed by atoms with Gasteiger partial charge in [-0.3, -0.25) is 4.79 Å². The molecule has 2 aromatic rings. The number of rotatable bonds is 3. The van der Waals surface area contributed by atoms with Crippen molar-refractivity contribution in [3.05, 3.63) is 64.7 Å². The van der Waals surface area contributed by atoms with Gasteiger partial charge in [-0.05, 0) is 36.2 Å². The van der Waals surface area contributed by atoms with Gasteiger partial charge in [0.25, 0.3) is 5.91 Å². The Labute approximate surface area is 115 Å². The van der Waals surface area contributed by atoms with E-state index in [9.17, 15) is 13.6 Å². The quantitative estimate of drug-likeness (QED) is 0.905. The first kappa shape index (κ1) is 14.1. The summed E-state index contributed by atoms with van der Waals surface area (Å²) in [4.78, 5) is 12.0. The molecule has 2 aromatic carbocycles. The molecular formula is C15H14F2N2O. The maximum atomic E-state index is 13.1. The highest BCUT2D eigenvalue weighted by Gasteiger charge is 2.11. The molecule has 0 bridgehead atoms. The minimum atomic E-state index is -0.789. The molecular weight excluding hydrogens is 262 g/mol. The lowest BCUT2D eigenvalue weighted by atomic mass is 10.1. The van der Waals surface area contributed by atoms with Crippen LogP contribution in [0.25, 0.3) is 0 Å². The van der Waals surface area contributed by atoms with Gasteiger partial charge in [-0.2, -0.15) is 0 Å². The first-order chi connectivity index (χ1) is 9.49. The molecule has 0 heterocycles. The topological polar surface area (TPSA) is 55.1 Å². The fraction of sp³-hybridized carbons (Fsp3) is 0.133. The van der Waals surface area contributed by atoms with E-state index >= 15 is 0 Å². The van der Waals surface area contributed by atoms with Crippen LogP contribution in [0.5, 0.6) is 0 Å². The minimum absolute atomic E-state index is 0.0694. The van der Waals surface area contributed by atoms with Crippen molar-refractivity contribution in [2.75, 3.05) is 5.32 Å². The fourth-order valence-electron chi connectivity index (χ4n) is 1.81. The number of halogens is 2. The molecule has 0 saturated heterocycles. The summed E-state index contributed by atoms with van der Waals surface area (Å²) in [6.45, 7) is 2.17. The second-order valence-corrected chi connectivity index (χ2v) is 4.47. The average Bonchev–Trinajstić information content (AvgIpc) is 2.40. The van der Waals surface area contributed by atoms with Gasteiger partial charge in [0, 0.05) is 23.9 Å². The van der Waals surface area contributed by atoms with Gasteiger partial charge in [-0.1, -0.05) is 12.1 Å². The highest BCUT2D eigenvalue weighted by molar-refractivity contribution is 6.04. The second-order valence-electron chi connectivity index (χ2n) is 4.47. The van der Waals surface area contributed by atoms with Gasteiger partial charge in [0.15, 0.2) is 0 Å². The molecule has 5 heteroatoms. The second kappa shape index (κ2) is 5.79. The number of hydrogen-bond acceptors (Lipinski definition) is 2. The van der Waals surface area contributed by atoms with E-state index in [2.05, 4.69) is 5.32 Å². The summed E-state index contributed by atoms with van der Waals surface area (Å²) in [6.07, 6.45) is 0. The average molecular weight is 276 g/mol.